The van der Waals surface area contributed by atoms with Gasteiger partial charge in [0, 0.05) is 5.56 Å². The van der Waals surface area contributed by atoms with Crippen LogP contribution in [0.4, 0.5) is 29.6 Å². The second-order valence-electron chi connectivity index (χ2n) is 3.57. The van der Waals surface area contributed by atoms with E-state index in [9.17, 15) is 29.6 Å². The fourth-order valence-corrected chi connectivity index (χ4v) is 1.28. The maximum atomic E-state index is 11.9. The van der Waals surface area contributed by atoms with Crippen LogP contribution in [0.15, 0.2) is 17.0 Å². The molecule has 0 N–H and O–H groups in total. The van der Waals surface area contributed by atoms with Crippen molar-refractivity contribution in [3.63, 3.8) is 0 Å². The Morgan fingerprint density at radius 2 is 1.42 bits per heavy atom. The van der Waals surface area contributed by atoms with Gasteiger partial charge in [-0.3, -0.25) is 0 Å². The molecule has 0 heterocycles. The van der Waals surface area contributed by atoms with Crippen molar-refractivity contribution in [2.75, 3.05) is 6.86 Å². The third-order valence-corrected chi connectivity index (χ3v) is 2.49. The Bertz CT molecular complexity index is 445. The average molecular weight is 332 g/mol. The van der Waals surface area contributed by atoms with Gasteiger partial charge >= 0.3 is 33.0 Å². The summed E-state index contributed by atoms with van der Waals surface area (Å²) in [6.07, 6.45) is 0. The second kappa shape index (κ2) is 5.01. The Balaban J connectivity index is 0.000000399. The van der Waals surface area contributed by atoms with E-state index in [1.165, 1.54) is 0 Å². The Hall–Kier alpha value is -0.690. The summed E-state index contributed by atoms with van der Waals surface area (Å²) < 4.78 is 75.8. The molecule has 0 aliphatic rings. The van der Waals surface area contributed by atoms with E-state index in [0.717, 1.165) is 16.0 Å². The fraction of sp³-hybridized carbons (Fsp3) is 0.333. The zero-order valence-electron chi connectivity index (χ0n) is 9.86. The van der Waals surface area contributed by atoms with Crippen molar-refractivity contribution in [3.05, 3.63) is 23.3 Å². The summed E-state index contributed by atoms with van der Waals surface area (Å²) in [7, 11) is -10.7. The van der Waals surface area contributed by atoms with Gasteiger partial charge in [-0.25, -0.2) is 4.39 Å². The van der Waals surface area contributed by atoms with Crippen molar-refractivity contribution in [2.45, 2.75) is 18.7 Å². The molecule has 0 radical (unpaired) electrons. The zero-order valence-corrected chi connectivity index (χ0v) is 11.8. The molecule has 0 aliphatic heterocycles. The summed E-state index contributed by atoms with van der Waals surface area (Å²) in [5.74, 6) is 0.608. The molecule has 1 rings (SSSR count). The predicted octanol–water partition coefficient (Wildman–Crippen LogP) is 5.36. The molecule has 1 aromatic carbocycles. The second-order valence-corrected chi connectivity index (χ2v) is 6.03. The molecule has 19 heavy (non-hydrogen) atoms. The summed E-state index contributed by atoms with van der Waals surface area (Å²) in [4.78, 5) is 1.01. The number of halogens is 7. The summed E-state index contributed by atoms with van der Waals surface area (Å²) >= 11 is 3.43. The van der Waals surface area contributed by atoms with Crippen LogP contribution < -0.4 is 4.74 Å². The Kier molecular flexibility index (Phi) is 4.83. The molecule has 0 aromatic heterocycles. The predicted molar refractivity (Wildman–Crippen MR) is 64.5 cm³/mol. The van der Waals surface area contributed by atoms with Crippen LogP contribution in [-0.4, -0.2) is 6.86 Å². The van der Waals surface area contributed by atoms with Crippen molar-refractivity contribution in [1.29, 1.82) is 0 Å². The van der Waals surface area contributed by atoms with Crippen LogP contribution in [0.25, 0.3) is 0 Å². The minimum atomic E-state index is -10.7. The third-order valence-electron chi connectivity index (χ3n) is 1.95. The maximum absolute atomic E-state index is 11.9. The van der Waals surface area contributed by atoms with E-state index in [1.807, 2.05) is 19.9 Å². The molecule has 114 valence electrons. The molecule has 0 spiro atoms. The molecule has 10 heteroatoms. The SMILES string of the molecule is Cc1c([SH2+])ccc(OCF)c1C.F[P-](F)(F)(F)(F)F. The quantitative estimate of drug-likeness (QED) is 0.402. The van der Waals surface area contributed by atoms with Crippen molar-refractivity contribution in [1.82, 2.24) is 0 Å². The first-order valence-electron chi connectivity index (χ1n) is 4.68. The molecule has 1 nitrogen and oxygen atoms in total. The van der Waals surface area contributed by atoms with Gasteiger partial charge in [-0.1, -0.05) is 0 Å². The van der Waals surface area contributed by atoms with Crippen molar-refractivity contribution in [3.8, 4) is 5.75 Å². The number of hydrogen-bond acceptors (Lipinski definition) is 1. The van der Waals surface area contributed by atoms with Crippen LogP contribution in [0, 0.1) is 13.8 Å². The summed E-state index contributed by atoms with van der Waals surface area (Å²) in [5.41, 5.74) is 2.05. The number of benzene rings is 1. The number of ether oxygens (including phenoxy) is 1. The first kappa shape index (κ1) is 18.3. The van der Waals surface area contributed by atoms with Gasteiger partial charge in [-0.15, -0.1) is 0 Å². The third kappa shape index (κ3) is 10.9. The van der Waals surface area contributed by atoms with E-state index in [4.69, 9.17) is 4.74 Å². The molecule has 0 fully saturated rings. The van der Waals surface area contributed by atoms with E-state index >= 15 is 0 Å². The van der Waals surface area contributed by atoms with E-state index in [-0.39, 0.29) is 0 Å². The van der Waals surface area contributed by atoms with Gasteiger partial charge in [0.2, 0.25) is 6.86 Å². The summed E-state index contributed by atoms with van der Waals surface area (Å²) in [5, 5.41) is 0. The monoisotopic (exact) mass is 332 g/mol. The molecule has 0 aliphatic carbocycles. The molecule has 0 unspecified atom stereocenters. The Morgan fingerprint density at radius 1 is 1.00 bits per heavy atom. The zero-order chi connectivity index (χ0) is 15.5. The van der Waals surface area contributed by atoms with Crippen molar-refractivity contribution in [2.24, 2.45) is 0 Å². The van der Waals surface area contributed by atoms with Crippen LogP contribution in [0.2, 0.25) is 0 Å². The van der Waals surface area contributed by atoms with Gasteiger partial charge in [-0.05, 0) is 44.2 Å². The molecule has 0 bridgehead atoms. The van der Waals surface area contributed by atoms with Crippen LogP contribution in [-0.2, 0) is 12.6 Å². The van der Waals surface area contributed by atoms with E-state index in [1.54, 1.807) is 6.07 Å². The molecular weight excluding hydrogens is 320 g/mol. The van der Waals surface area contributed by atoms with Gasteiger partial charge in [0.15, 0.2) is 4.90 Å². The molecule has 0 atom stereocenters. The van der Waals surface area contributed by atoms with E-state index < -0.39 is 14.7 Å². The minimum absolute atomic E-state index is 0.608. The standard InChI is InChI=1S/C9H11FOS.F6P/c1-6-7(2)9(12)4-3-8(6)11-5-10;1-7(2,3,4,5)6/h3-4,12H,5H2,1-2H3;/q;-1/p+1. The summed E-state index contributed by atoms with van der Waals surface area (Å²) in [6.45, 7) is 3.09. The normalized spacial score (nSPS) is 14.8. The van der Waals surface area contributed by atoms with Gasteiger partial charge in [0.05, 0.1) is 0 Å². The average Bonchev–Trinajstić information content (AvgIpc) is 2.14. The molecule has 1 aromatic rings. The van der Waals surface area contributed by atoms with Gasteiger partial charge in [0.1, 0.15) is 5.75 Å². The van der Waals surface area contributed by atoms with Crippen LogP contribution >= 0.6 is 7.81 Å². The Labute approximate surface area is 110 Å². The molecule has 0 amide bonds. The van der Waals surface area contributed by atoms with Gasteiger partial charge in [-0.2, -0.15) is 0 Å². The van der Waals surface area contributed by atoms with Gasteiger partial charge in [0.25, 0.3) is 0 Å². The molecule has 0 saturated heterocycles. The van der Waals surface area contributed by atoms with Crippen molar-refractivity contribution < 1.29 is 34.3 Å². The number of alkyl halides is 1. The number of hydrogen-bond donors (Lipinski definition) is 0. The summed E-state index contributed by atoms with van der Waals surface area (Å²) in [6, 6.07) is 3.61. The number of rotatable bonds is 2. The Morgan fingerprint density at radius 3 is 1.79 bits per heavy atom. The van der Waals surface area contributed by atoms with E-state index in [2.05, 4.69) is 12.6 Å². The van der Waals surface area contributed by atoms with E-state index in [0.29, 0.717) is 5.75 Å². The van der Waals surface area contributed by atoms with Crippen LogP contribution in [0.1, 0.15) is 11.1 Å². The molecule has 0 saturated carbocycles. The topological polar surface area (TPSA) is 9.23 Å². The first-order valence-corrected chi connectivity index (χ1v) is 7.21. The van der Waals surface area contributed by atoms with Crippen molar-refractivity contribution >= 4 is 20.4 Å². The van der Waals surface area contributed by atoms with Crippen LogP contribution in [0.5, 0.6) is 5.75 Å². The van der Waals surface area contributed by atoms with Gasteiger partial charge < -0.3 is 4.74 Å². The first-order chi connectivity index (χ1) is 8.11. The molecular formula is C9H12F7OPS. The van der Waals surface area contributed by atoms with Crippen LogP contribution in [0.3, 0.4) is 0 Å². The fourth-order valence-electron chi connectivity index (χ4n) is 1.01.